The van der Waals surface area contributed by atoms with Crippen molar-refractivity contribution in [2.24, 2.45) is 5.92 Å². The van der Waals surface area contributed by atoms with Crippen LogP contribution in [0.5, 0.6) is 0 Å². The van der Waals surface area contributed by atoms with Crippen molar-refractivity contribution in [1.82, 2.24) is 9.55 Å². The van der Waals surface area contributed by atoms with Crippen LogP contribution >= 0.6 is 0 Å². The van der Waals surface area contributed by atoms with Crippen LogP contribution in [-0.4, -0.2) is 14.7 Å². The SMILES string of the molecule is CCC1CCCCC1n1cncc1CO. The van der Waals surface area contributed by atoms with Gasteiger partial charge in [0, 0.05) is 6.04 Å². The van der Waals surface area contributed by atoms with Gasteiger partial charge in [-0.25, -0.2) is 4.98 Å². The van der Waals surface area contributed by atoms with Crippen molar-refractivity contribution in [3.8, 4) is 0 Å². The molecular weight excluding hydrogens is 188 g/mol. The smallest absolute Gasteiger partial charge is 0.0951 e. The predicted octanol–water partition coefficient (Wildman–Crippen LogP) is 2.52. The Balaban J connectivity index is 2.20. The lowest BCUT2D eigenvalue weighted by atomic mass is 9.82. The molecule has 0 spiro atoms. The van der Waals surface area contributed by atoms with E-state index in [4.69, 9.17) is 0 Å². The van der Waals surface area contributed by atoms with Gasteiger partial charge >= 0.3 is 0 Å². The summed E-state index contributed by atoms with van der Waals surface area (Å²) in [6.45, 7) is 2.37. The van der Waals surface area contributed by atoms with Crippen LogP contribution < -0.4 is 0 Å². The first-order chi connectivity index (χ1) is 7.36. The van der Waals surface area contributed by atoms with E-state index in [0.717, 1.165) is 11.6 Å². The molecule has 1 aromatic rings. The second-order valence-electron chi connectivity index (χ2n) is 4.47. The monoisotopic (exact) mass is 208 g/mol. The molecule has 1 heterocycles. The number of aliphatic hydroxyl groups excluding tert-OH is 1. The number of hydrogen-bond donors (Lipinski definition) is 1. The minimum Gasteiger partial charge on any atom is -0.390 e. The lowest BCUT2D eigenvalue weighted by Crippen LogP contribution is -2.23. The molecule has 2 atom stereocenters. The van der Waals surface area contributed by atoms with Crippen LogP contribution in [0, 0.1) is 5.92 Å². The molecule has 2 rings (SSSR count). The quantitative estimate of drug-likeness (QED) is 0.828. The molecule has 0 aliphatic heterocycles. The molecule has 3 heteroatoms. The van der Waals surface area contributed by atoms with Crippen LogP contribution in [0.25, 0.3) is 0 Å². The Hall–Kier alpha value is -0.830. The normalized spacial score (nSPS) is 26.8. The third-order valence-electron chi connectivity index (χ3n) is 3.66. The van der Waals surface area contributed by atoms with Crippen LogP contribution in [0.3, 0.4) is 0 Å². The van der Waals surface area contributed by atoms with E-state index in [1.54, 1.807) is 6.20 Å². The number of aliphatic hydroxyl groups is 1. The fourth-order valence-corrected chi connectivity index (χ4v) is 2.78. The predicted molar refractivity (Wildman–Crippen MR) is 59.4 cm³/mol. The fourth-order valence-electron chi connectivity index (χ4n) is 2.78. The number of hydrogen-bond acceptors (Lipinski definition) is 2. The molecule has 0 aromatic carbocycles. The summed E-state index contributed by atoms with van der Waals surface area (Å²) in [6.07, 6.45) is 10.1. The maximum atomic E-state index is 9.24. The summed E-state index contributed by atoms with van der Waals surface area (Å²) < 4.78 is 2.19. The Bertz CT molecular complexity index is 308. The van der Waals surface area contributed by atoms with Crippen LogP contribution in [0.15, 0.2) is 12.5 Å². The summed E-state index contributed by atoms with van der Waals surface area (Å²) in [5, 5.41) is 9.24. The molecule has 1 aliphatic rings. The second kappa shape index (κ2) is 4.79. The van der Waals surface area contributed by atoms with Crippen LogP contribution in [0.1, 0.15) is 50.8 Å². The second-order valence-corrected chi connectivity index (χ2v) is 4.47. The highest BCUT2D eigenvalue weighted by atomic mass is 16.3. The number of aromatic nitrogens is 2. The van der Waals surface area contributed by atoms with E-state index < -0.39 is 0 Å². The van der Waals surface area contributed by atoms with Crippen LogP contribution in [0.2, 0.25) is 0 Å². The summed E-state index contributed by atoms with van der Waals surface area (Å²) in [5.74, 6) is 0.762. The average Bonchev–Trinajstić information content (AvgIpc) is 2.76. The highest BCUT2D eigenvalue weighted by Crippen LogP contribution is 2.36. The average molecular weight is 208 g/mol. The van der Waals surface area contributed by atoms with Crippen LogP contribution in [0.4, 0.5) is 0 Å². The number of imidazole rings is 1. The summed E-state index contributed by atoms with van der Waals surface area (Å²) in [7, 11) is 0. The molecule has 1 aromatic heterocycles. The minimum absolute atomic E-state index is 0.104. The van der Waals surface area contributed by atoms with Crippen molar-refractivity contribution >= 4 is 0 Å². The summed E-state index contributed by atoms with van der Waals surface area (Å²) in [6, 6.07) is 0.563. The van der Waals surface area contributed by atoms with Gasteiger partial charge in [0.05, 0.1) is 24.8 Å². The van der Waals surface area contributed by atoms with Gasteiger partial charge in [-0.1, -0.05) is 26.2 Å². The third kappa shape index (κ3) is 2.07. The first-order valence-corrected chi connectivity index (χ1v) is 5.98. The van der Waals surface area contributed by atoms with Gasteiger partial charge in [0.1, 0.15) is 0 Å². The van der Waals surface area contributed by atoms with Crippen molar-refractivity contribution in [3.63, 3.8) is 0 Å². The zero-order valence-electron chi connectivity index (χ0n) is 9.39. The minimum atomic E-state index is 0.104. The van der Waals surface area contributed by atoms with Crippen molar-refractivity contribution in [1.29, 1.82) is 0 Å². The van der Waals surface area contributed by atoms with E-state index in [0.29, 0.717) is 6.04 Å². The van der Waals surface area contributed by atoms with Gasteiger partial charge in [0.25, 0.3) is 0 Å². The first-order valence-electron chi connectivity index (χ1n) is 5.98. The Morgan fingerprint density at radius 2 is 2.27 bits per heavy atom. The summed E-state index contributed by atoms with van der Waals surface area (Å²) >= 11 is 0. The molecule has 1 aliphatic carbocycles. The van der Waals surface area contributed by atoms with Gasteiger partial charge in [-0.05, 0) is 18.8 Å². The van der Waals surface area contributed by atoms with Crippen LogP contribution in [-0.2, 0) is 6.61 Å². The van der Waals surface area contributed by atoms with E-state index >= 15 is 0 Å². The molecule has 2 unspecified atom stereocenters. The van der Waals surface area contributed by atoms with Gasteiger partial charge in [0.15, 0.2) is 0 Å². The zero-order chi connectivity index (χ0) is 10.7. The molecule has 84 valence electrons. The van der Waals surface area contributed by atoms with Gasteiger partial charge in [0.2, 0.25) is 0 Å². The lowest BCUT2D eigenvalue weighted by molar-refractivity contribution is 0.210. The molecular formula is C12H20N2O. The molecule has 15 heavy (non-hydrogen) atoms. The topological polar surface area (TPSA) is 38.0 Å². The van der Waals surface area contributed by atoms with Gasteiger partial charge in [-0.2, -0.15) is 0 Å². The Kier molecular flexibility index (Phi) is 3.41. The summed E-state index contributed by atoms with van der Waals surface area (Å²) in [5.41, 5.74) is 0.959. The van der Waals surface area contributed by atoms with Gasteiger partial charge < -0.3 is 9.67 Å². The van der Waals surface area contributed by atoms with Crippen molar-refractivity contribution in [2.75, 3.05) is 0 Å². The molecule has 0 saturated heterocycles. The third-order valence-corrected chi connectivity index (χ3v) is 3.66. The van der Waals surface area contributed by atoms with E-state index in [9.17, 15) is 5.11 Å². The largest absolute Gasteiger partial charge is 0.390 e. The number of nitrogens with zero attached hydrogens (tertiary/aromatic N) is 2. The standard InChI is InChI=1S/C12H20N2O/c1-2-10-5-3-4-6-12(10)14-9-13-7-11(14)8-15/h7,9-10,12,15H,2-6,8H2,1H3. The molecule has 0 bridgehead atoms. The highest BCUT2D eigenvalue weighted by Gasteiger charge is 2.25. The number of rotatable bonds is 3. The molecule has 1 saturated carbocycles. The fraction of sp³-hybridized carbons (Fsp3) is 0.750. The van der Waals surface area contributed by atoms with Crippen molar-refractivity contribution in [2.45, 2.75) is 51.7 Å². The van der Waals surface area contributed by atoms with E-state index in [1.807, 2.05) is 6.33 Å². The maximum absolute atomic E-state index is 9.24. The highest BCUT2D eigenvalue weighted by molar-refractivity contribution is 5.00. The Labute approximate surface area is 91.1 Å². The zero-order valence-corrected chi connectivity index (χ0v) is 9.39. The molecule has 0 amide bonds. The molecule has 1 N–H and O–H groups in total. The molecule has 0 radical (unpaired) electrons. The van der Waals surface area contributed by atoms with E-state index in [2.05, 4.69) is 16.5 Å². The van der Waals surface area contributed by atoms with Gasteiger partial charge in [-0.3, -0.25) is 0 Å². The van der Waals surface area contributed by atoms with E-state index in [1.165, 1.54) is 32.1 Å². The first kappa shape index (κ1) is 10.7. The lowest BCUT2D eigenvalue weighted by Gasteiger charge is -2.32. The Morgan fingerprint density at radius 1 is 1.47 bits per heavy atom. The Morgan fingerprint density at radius 3 is 3.00 bits per heavy atom. The van der Waals surface area contributed by atoms with Crippen molar-refractivity contribution < 1.29 is 5.11 Å². The van der Waals surface area contributed by atoms with Gasteiger partial charge in [-0.15, -0.1) is 0 Å². The molecule has 3 nitrogen and oxygen atoms in total. The maximum Gasteiger partial charge on any atom is 0.0951 e. The van der Waals surface area contributed by atoms with Crippen molar-refractivity contribution in [3.05, 3.63) is 18.2 Å². The summed E-state index contributed by atoms with van der Waals surface area (Å²) in [4.78, 5) is 4.14. The van der Waals surface area contributed by atoms with E-state index in [-0.39, 0.29) is 6.61 Å². The molecule has 1 fully saturated rings.